The highest BCUT2D eigenvalue weighted by Gasteiger charge is 2.16. The predicted molar refractivity (Wildman–Crippen MR) is 71.9 cm³/mol. The molecular weight excluding hydrogens is 258 g/mol. The molecule has 1 atom stereocenters. The lowest BCUT2D eigenvalue weighted by atomic mass is 10.1. The van der Waals surface area contributed by atoms with Crippen LogP contribution in [0.2, 0.25) is 0 Å². The third-order valence-electron chi connectivity index (χ3n) is 2.75. The van der Waals surface area contributed by atoms with E-state index in [0.29, 0.717) is 5.82 Å². The van der Waals surface area contributed by atoms with Gasteiger partial charge in [-0.15, -0.1) is 0 Å². The molecule has 0 aromatic carbocycles. The van der Waals surface area contributed by atoms with Crippen LogP contribution in [0.4, 0.5) is 11.5 Å². The van der Waals surface area contributed by atoms with Crippen LogP contribution < -0.4 is 5.32 Å². The van der Waals surface area contributed by atoms with Gasteiger partial charge >= 0.3 is 5.69 Å². The molecule has 2 aromatic rings. The molecule has 0 aliphatic rings. The van der Waals surface area contributed by atoms with Crippen molar-refractivity contribution in [2.75, 3.05) is 5.32 Å². The summed E-state index contributed by atoms with van der Waals surface area (Å²) in [5.74, 6) is 0.413. The number of rotatable bonds is 4. The zero-order valence-corrected chi connectivity index (χ0v) is 10.6. The van der Waals surface area contributed by atoms with Gasteiger partial charge in [-0.2, -0.15) is 5.26 Å². The number of anilines is 1. The Morgan fingerprint density at radius 2 is 2.05 bits per heavy atom. The van der Waals surface area contributed by atoms with Gasteiger partial charge in [0, 0.05) is 18.5 Å². The first kappa shape index (κ1) is 13.4. The third kappa shape index (κ3) is 2.87. The van der Waals surface area contributed by atoms with E-state index in [-0.39, 0.29) is 17.4 Å². The first-order chi connectivity index (χ1) is 9.61. The molecule has 0 spiro atoms. The number of nitrogens with zero attached hydrogens (tertiary/aromatic N) is 4. The van der Waals surface area contributed by atoms with Crippen molar-refractivity contribution in [2.24, 2.45) is 0 Å². The van der Waals surface area contributed by atoms with Crippen LogP contribution in [0.1, 0.15) is 24.2 Å². The Morgan fingerprint density at radius 1 is 1.35 bits per heavy atom. The smallest absolute Gasteiger partial charge is 0.305 e. The first-order valence-electron chi connectivity index (χ1n) is 5.84. The van der Waals surface area contributed by atoms with Crippen molar-refractivity contribution in [1.82, 2.24) is 9.97 Å². The minimum Gasteiger partial charge on any atom is -0.363 e. The summed E-state index contributed by atoms with van der Waals surface area (Å²) in [5, 5.41) is 22.7. The number of nitro groups is 1. The Kier molecular flexibility index (Phi) is 3.86. The minimum atomic E-state index is -0.623. The van der Waals surface area contributed by atoms with Gasteiger partial charge in [0.05, 0.1) is 11.0 Å². The molecule has 0 aliphatic carbocycles. The maximum absolute atomic E-state index is 10.7. The van der Waals surface area contributed by atoms with E-state index in [4.69, 9.17) is 5.26 Å². The molecule has 0 saturated carbocycles. The lowest BCUT2D eigenvalue weighted by Gasteiger charge is -2.14. The second-order valence-electron chi connectivity index (χ2n) is 4.08. The van der Waals surface area contributed by atoms with Crippen LogP contribution in [-0.4, -0.2) is 14.9 Å². The monoisotopic (exact) mass is 269 g/mol. The fourth-order valence-corrected chi connectivity index (χ4v) is 1.72. The van der Waals surface area contributed by atoms with Gasteiger partial charge < -0.3 is 5.32 Å². The molecule has 0 amide bonds. The number of aromatic nitrogens is 2. The summed E-state index contributed by atoms with van der Waals surface area (Å²) >= 11 is 0. The summed E-state index contributed by atoms with van der Waals surface area (Å²) < 4.78 is 0. The molecular formula is C13H11N5O2. The van der Waals surface area contributed by atoms with E-state index < -0.39 is 4.92 Å². The summed E-state index contributed by atoms with van der Waals surface area (Å²) in [6, 6.07) is 8.14. The van der Waals surface area contributed by atoms with Crippen LogP contribution in [0.25, 0.3) is 0 Å². The van der Waals surface area contributed by atoms with E-state index in [1.807, 2.05) is 19.1 Å². The number of hydrogen-bond acceptors (Lipinski definition) is 6. The van der Waals surface area contributed by atoms with Gasteiger partial charge in [0.15, 0.2) is 0 Å². The Balaban J connectivity index is 2.23. The summed E-state index contributed by atoms with van der Waals surface area (Å²) in [6.45, 7) is 1.92. The van der Waals surface area contributed by atoms with Crippen molar-refractivity contribution in [3.05, 3.63) is 58.0 Å². The van der Waals surface area contributed by atoms with Crippen molar-refractivity contribution < 1.29 is 4.92 Å². The topological polar surface area (TPSA) is 105 Å². The van der Waals surface area contributed by atoms with Gasteiger partial charge in [-0.05, 0) is 30.7 Å². The van der Waals surface area contributed by atoms with Gasteiger partial charge in [0.1, 0.15) is 11.9 Å². The zero-order chi connectivity index (χ0) is 14.5. The average Bonchev–Trinajstić information content (AvgIpc) is 2.47. The third-order valence-corrected chi connectivity index (χ3v) is 2.75. The van der Waals surface area contributed by atoms with E-state index >= 15 is 0 Å². The molecule has 7 heteroatoms. The largest absolute Gasteiger partial charge is 0.363 e. The van der Waals surface area contributed by atoms with Crippen molar-refractivity contribution in [2.45, 2.75) is 13.0 Å². The number of hydrogen-bond donors (Lipinski definition) is 1. The van der Waals surface area contributed by atoms with Crippen LogP contribution in [-0.2, 0) is 0 Å². The molecule has 0 fully saturated rings. The standard InChI is InChI=1S/C13H11N5O2/c1-9(10-4-6-15-7-5-10)16-13-3-2-12(18(19)20)11(8-14)17-13/h2-7,9H,1H3,(H,16,17). The summed E-state index contributed by atoms with van der Waals surface area (Å²) in [5.41, 5.74) is 0.496. The molecule has 0 radical (unpaired) electrons. The lowest BCUT2D eigenvalue weighted by molar-refractivity contribution is -0.385. The van der Waals surface area contributed by atoms with Crippen molar-refractivity contribution in [3.8, 4) is 6.07 Å². The molecule has 2 heterocycles. The Bertz CT molecular complexity index is 666. The Labute approximate surface area is 115 Å². The molecule has 2 aromatic heterocycles. The fraction of sp³-hybridized carbons (Fsp3) is 0.154. The molecule has 1 unspecified atom stereocenters. The highest BCUT2D eigenvalue weighted by atomic mass is 16.6. The number of nitrogens with one attached hydrogen (secondary N) is 1. The quantitative estimate of drug-likeness (QED) is 0.675. The van der Waals surface area contributed by atoms with E-state index in [2.05, 4.69) is 15.3 Å². The number of pyridine rings is 2. The maximum Gasteiger partial charge on any atom is 0.305 e. The van der Waals surface area contributed by atoms with Crippen LogP contribution in [0.5, 0.6) is 0 Å². The fourth-order valence-electron chi connectivity index (χ4n) is 1.72. The summed E-state index contributed by atoms with van der Waals surface area (Å²) in [6.07, 6.45) is 3.36. The Hall–Kier alpha value is -3.01. The van der Waals surface area contributed by atoms with Gasteiger partial charge in [0.2, 0.25) is 5.69 Å². The minimum absolute atomic E-state index is 0.0569. The van der Waals surface area contributed by atoms with E-state index in [0.717, 1.165) is 5.56 Å². The average molecular weight is 269 g/mol. The van der Waals surface area contributed by atoms with Crippen LogP contribution in [0.15, 0.2) is 36.7 Å². The zero-order valence-electron chi connectivity index (χ0n) is 10.6. The molecule has 1 N–H and O–H groups in total. The number of nitriles is 1. The normalized spacial score (nSPS) is 11.4. The molecule has 7 nitrogen and oxygen atoms in total. The highest BCUT2D eigenvalue weighted by Crippen LogP contribution is 2.21. The van der Waals surface area contributed by atoms with E-state index in [1.54, 1.807) is 18.5 Å². The van der Waals surface area contributed by atoms with Crippen molar-refractivity contribution in [3.63, 3.8) is 0 Å². The molecule has 0 aliphatic heterocycles. The summed E-state index contributed by atoms with van der Waals surface area (Å²) in [4.78, 5) is 18.0. The summed E-state index contributed by atoms with van der Waals surface area (Å²) in [7, 11) is 0. The predicted octanol–water partition coefficient (Wildman–Crippen LogP) is 2.43. The second-order valence-corrected chi connectivity index (χ2v) is 4.08. The lowest BCUT2D eigenvalue weighted by Crippen LogP contribution is -2.09. The highest BCUT2D eigenvalue weighted by molar-refractivity contribution is 5.51. The molecule has 2 rings (SSSR count). The van der Waals surface area contributed by atoms with Crippen LogP contribution in [0, 0.1) is 21.4 Å². The van der Waals surface area contributed by atoms with Crippen molar-refractivity contribution >= 4 is 11.5 Å². The van der Waals surface area contributed by atoms with Gasteiger partial charge in [0.25, 0.3) is 0 Å². The molecule has 0 bridgehead atoms. The molecule has 20 heavy (non-hydrogen) atoms. The first-order valence-corrected chi connectivity index (χ1v) is 5.84. The van der Waals surface area contributed by atoms with Gasteiger partial charge in [-0.1, -0.05) is 0 Å². The van der Waals surface area contributed by atoms with Gasteiger partial charge in [-0.3, -0.25) is 15.1 Å². The molecule has 100 valence electrons. The van der Waals surface area contributed by atoms with Crippen LogP contribution >= 0.6 is 0 Å². The SMILES string of the molecule is CC(Nc1ccc([N+](=O)[O-])c(C#N)n1)c1ccncc1. The Morgan fingerprint density at radius 3 is 2.65 bits per heavy atom. The van der Waals surface area contributed by atoms with E-state index in [9.17, 15) is 10.1 Å². The van der Waals surface area contributed by atoms with E-state index in [1.165, 1.54) is 12.1 Å². The van der Waals surface area contributed by atoms with Crippen LogP contribution in [0.3, 0.4) is 0 Å². The van der Waals surface area contributed by atoms with Crippen molar-refractivity contribution in [1.29, 1.82) is 5.26 Å². The molecule has 0 saturated heterocycles. The van der Waals surface area contributed by atoms with Gasteiger partial charge in [-0.25, -0.2) is 4.98 Å². The second kappa shape index (κ2) is 5.75. The maximum atomic E-state index is 10.7.